The molecule has 8 atom stereocenters. The fourth-order valence-corrected chi connectivity index (χ4v) is 6.56. The van der Waals surface area contributed by atoms with Crippen molar-refractivity contribution in [2.75, 3.05) is 33.2 Å². The summed E-state index contributed by atoms with van der Waals surface area (Å²) in [5, 5.41) is 1.90. The van der Waals surface area contributed by atoms with Crippen LogP contribution in [0.15, 0.2) is 0 Å². The topological polar surface area (TPSA) is 98.8 Å². The van der Waals surface area contributed by atoms with Gasteiger partial charge in [-0.05, 0) is 45.1 Å². The van der Waals surface area contributed by atoms with Crippen LogP contribution in [0.1, 0.15) is 59.3 Å². The van der Waals surface area contributed by atoms with Gasteiger partial charge in [0, 0.05) is 50.9 Å². The lowest BCUT2D eigenvalue weighted by atomic mass is 9.58. The summed E-state index contributed by atoms with van der Waals surface area (Å²) in [6.07, 6.45) is 2.39. The van der Waals surface area contributed by atoms with Gasteiger partial charge in [-0.1, -0.05) is 13.8 Å². The smallest absolute Gasteiger partial charge is 0.308 e. The van der Waals surface area contributed by atoms with Gasteiger partial charge in [-0.3, -0.25) is 15.0 Å². The number of amides is 1. The minimum Gasteiger partial charge on any atom is -0.435 e. The Hall–Kier alpha value is -1.30. The molecule has 6 fully saturated rings. The van der Waals surface area contributed by atoms with Crippen molar-refractivity contribution in [3.05, 3.63) is 0 Å². The maximum absolute atomic E-state index is 12.7. The highest BCUT2D eigenvalue weighted by atomic mass is 17.3. The highest BCUT2D eigenvalue weighted by Crippen LogP contribution is 2.60. The first kappa shape index (κ1) is 24.4. The molecule has 1 N–H and O–H groups in total. The van der Waals surface area contributed by atoms with Crippen molar-refractivity contribution < 1.29 is 33.6 Å². The monoisotopic (exact) mass is 481 g/mol. The van der Waals surface area contributed by atoms with Gasteiger partial charge in [0.2, 0.25) is 18.0 Å². The second-order valence-electron chi connectivity index (χ2n) is 11.1. The summed E-state index contributed by atoms with van der Waals surface area (Å²) in [5.41, 5.74) is 2.20. The average Bonchev–Trinajstić information content (AvgIpc) is 3.03. The van der Waals surface area contributed by atoms with Crippen LogP contribution in [0.25, 0.3) is 0 Å². The molecule has 6 aliphatic rings. The summed E-state index contributed by atoms with van der Waals surface area (Å²) >= 11 is 0. The van der Waals surface area contributed by atoms with Crippen LogP contribution in [-0.4, -0.2) is 79.0 Å². The molecule has 0 aromatic rings. The van der Waals surface area contributed by atoms with Crippen molar-refractivity contribution in [1.82, 2.24) is 15.3 Å². The number of hydrogen-bond acceptors (Lipinski definition) is 9. The van der Waals surface area contributed by atoms with E-state index in [0.717, 1.165) is 51.9 Å². The predicted octanol–water partition coefficient (Wildman–Crippen LogP) is 1.80. The first-order chi connectivity index (χ1) is 16.2. The molecule has 0 radical (unpaired) electrons. The fraction of sp³-hybridized carbons (Fsp3) is 0.917. The maximum Gasteiger partial charge on any atom is 0.308 e. The summed E-state index contributed by atoms with van der Waals surface area (Å²) in [4.78, 5) is 39.1. The minimum atomic E-state index is -0.867. The molecule has 5 saturated heterocycles. The third-order valence-corrected chi connectivity index (χ3v) is 8.69. The molecule has 6 rings (SSSR count). The standard InChI is InChI=1S/C24H39N3O7/c1-15-5-6-18-16(2)21(31-22-24(18)17(15)9-10-23(3,32-22)33-34-24)30-20(29)8-7-19(28)25-27-13-11-26(4)12-14-27/h15-18,21-22H,5-14H2,1-4H3,(H,25,28)/t15-,16-,17+,18-,21-,22-,23-,24-/m1/s1. The predicted molar refractivity (Wildman–Crippen MR) is 119 cm³/mol. The van der Waals surface area contributed by atoms with E-state index in [9.17, 15) is 9.59 Å². The Morgan fingerprint density at radius 2 is 1.79 bits per heavy atom. The zero-order valence-electron chi connectivity index (χ0n) is 20.8. The molecule has 10 heteroatoms. The lowest BCUT2D eigenvalue weighted by Gasteiger charge is -2.59. The van der Waals surface area contributed by atoms with Gasteiger partial charge in [0.25, 0.3) is 0 Å². The summed E-state index contributed by atoms with van der Waals surface area (Å²) in [6.45, 7) is 9.53. The first-order valence-corrected chi connectivity index (χ1v) is 12.8. The number of nitrogens with one attached hydrogen (secondary N) is 1. The quantitative estimate of drug-likeness (QED) is 0.465. The van der Waals surface area contributed by atoms with Gasteiger partial charge in [0.15, 0.2) is 11.9 Å². The molecule has 1 spiro atoms. The molecule has 1 amide bonds. The third kappa shape index (κ3) is 4.37. The SMILES string of the molecule is C[C@H]1[C@H](OC(=O)CCC(=O)NN2CCN(C)CC2)O[C@@H]2O[C@@]3(C)CC[C@H]4[C@H](C)CC[C@H]1[C@@]24OO3. The van der Waals surface area contributed by atoms with E-state index in [2.05, 4.69) is 24.3 Å². The van der Waals surface area contributed by atoms with Gasteiger partial charge in [0.1, 0.15) is 0 Å². The third-order valence-electron chi connectivity index (χ3n) is 8.69. The average molecular weight is 482 g/mol. The molecule has 5 aliphatic heterocycles. The number of carbonyl (C=O) groups excluding carboxylic acids is 2. The molecular weight excluding hydrogens is 442 g/mol. The van der Waals surface area contributed by atoms with Crippen molar-refractivity contribution >= 4 is 11.9 Å². The van der Waals surface area contributed by atoms with Crippen molar-refractivity contribution in [2.45, 2.75) is 83.3 Å². The Balaban J connectivity index is 1.19. The molecular formula is C24H39N3O7. The summed E-state index contributed by atoms with van der Waals surface area (Å²) in [5.74, 6) is -0.738. The molecule has 10 nitrogen and oxygen atoms in total. The number of hydrogen-bond donors (Lipinski definition) is 1. The van der Waals surface area contributed by atoms with E-state index < -0.39 is 29.9 Å². The lowest BCUT2D eigenvalue weighted by molar-refractivity contribution is -0.576. The van der Waals surface area contributed by atoms with E-state index >= 15 is 0 Å². The van der Waals surface area contributed by atoms with Crippen molar-refractivity contribution in [3.63, 3.8) is 0 Å². The van der Waals surface area contributed by atoms with E-state index in [0.29, 0.717) is 5.92 Å². The normalized spacial score (nSPS) is 44.7. The van der Waals surface area contributed by atoms with Crippen LogP contribution in [0.4, 0.5) is 0 Å². The fourth-order valence-electron chi connectivity index (χ4n) is 6.56. The second-order valence-corrected chi connectivity index (χ2v) is 11.1. The zero-order valence-corrected chi connectivity index (χ0v) is 20.8. The number of carbonyl (C=O) groups is 2. The summed E-state index contributed by atoms with van der Waals surface area (Å²) < 4.78 is 18.3. The Morgan fingerprint density at radius 1 is 1.03 bits per heavy atom. The second kappa shape index (κ2) is 9.29. The Kier molecular flexibility index (Phi) is 6.67. The zero-order chi connectivity index (χ0) is 24.1. The van der Waals surface area contributed by atoms with E-state index in [1.54, 1.807) is 0 Å². The van der Waals surface area contributed by atoms with Gasteiger partial charge in [-0.2, -0.15) is 0 Å². The van der Waals surface area contributed by atoms with E-state index in [1.165, 1.54) is 0 Å². The number of nitrogens with zero attached hydrogens (tertiary/aromatic N) is 2. The Bertz CT molecular complexity index is 791. The van der Waals surface area contributed by atoms with Crippen LogP contribution in [0, 0.1) is 23.7 Å². The lowest BCUT2D eigenvalue weighted by Crippen LogP contribution is -2.70. The van der Waals surface area contributed by atoms with Gasteiger partial charge < -0.3 is 19.1 Å². The Morgan fingerprint density at radius 3 is 2.56 bits per heavy atom. The highest BCUT2D eigenvalue weighted by molar-refractivity contribution is 5.80. The molecule has 1 aliphatic carbocycles. The number of ether oxygens (including phenoxy) is 3. The number of rotatable bonds is 5. The molecule has 0 aromatic heterocycles. The Labute approximate surface area is 201 Å². The van der Waals surface area contributed by atoms with E-state index in [1.807, 2.05) is 18.9 Å². The van der Waals surface area contributed by atoms with E-state index in [4.69, 9.17) is 24.0 Å². The number of likely N-dealkylation sites (N-methyl/N-ethyl adjacent to an activating group) is 1. The molecule has 34 heavy (non-hydrogen) atoms. The van der Waals surface area contributed by atoms with Gasteiger partial charge in [-0.15, -0.1) is 0 Å². The first-order valence-electron chi connectivity index (χ1n) is 12.8. The van der Waals surface area contributed by atoms with Crippen LogP contribution in [0.2, 0.25) is 0 Å². The van der Waals surface area contributed by atoms with Crippen LogP contribution < -0.4 is 5.43 Å². The molecule has 192 valence electrons. The van der Waals surface area contributed by atoms with Crippen LogP contribution in [-0.2, 0) is 33.6 Å². The van der Waals surface area contributed by atoms with Gasteiger partial charge in [0.05, 0.1) is 6.42 Å². The molecule has 0 unspecified atom stereocenters. The van der Waals surface area contributed by atoms with Gasteiger partial charge >= 0.3 is 5.97 Å². The summed E-state index contributed by atoms with van der Waals surface area (Å²) in [6, 6.07) is 0. The van der Waals surface area contributed by atoms with E-state index in [-0.39, 0.29) is 36.5 Å². The van der Waals surface area contributed by atoms with Crippen molar-refractivity contribution in [3.8, 4) is 0 Å². The maximum atomic E-state index is 12.7. The number of esters is 1. The number of hydrazine groups is 1. The number of piperazine rings is 1. The largest absolute Gasteiger partial charge is 0.435 e. The molecule has 1 saturated carbocycles. The van der Waals surface area contributed by atoms with Crippen LogP contribution in [0.3, 0.4) is 0 Å². The van der Waals surface area contributed by atoms with Crippen molar-refractivity contribution in [1.29, 1.82) is 0 Å². The summed E-state index contributed by atoms with van der Waals surface area (Å²) in [7, 11) is 2.06. The molecule has 2 bridgehead atoms. The molecule has 5 heterocycles. The van der Waals surface area contributed by atoms with Gasteiger partial charge in [-0.25, -0.2) is 14.8 Å². The van der Waals surface area contributed by atoms with Crippen LogP contribution in [0.5, 0.6) is 0 Å². The minimum absolute atomic E-state index is 0.00444. The highest BCUT2D eigenvalue weighted by Gasteiger charge is 2.69. The van der Waals surface area contributed by atoms with Crippen LogP contribution >= 0.6 is 0 Å². The number of fused-ring (bicyclic) bond motifs is 2. The molecule has 0 aromatic carbocycles. The van der Waals surface area contributed by atoms with Crippen molar-refractivity contribution in [2.24, 2.45) is 23.7 Å².